The Balaban J connectivity index is 1.99. The van der Waals surface area contributed by atoms with Crippen LogP contribution in [0.15, 0.2) is 28.7 Å². The van der Waals surface area contributed by atoms with E-state index in [4.69, 9.17) is 4.74 Å². The Bertz CT molecular complexity index is 407. The highest BCUT2D eigenvalue weighted by Crippen LogP contribution is 2.38. The molecule has 2 rings (SSSR count). The molecule has 1 aliphatic rings. The van der Waals surface area contributed by atoms with E-state index in [2.05, 4.69) is 63.9 Å². The van der Waals surface area contributed by atoms with Crippen LogP contribution in [-0.4, -0.2) is 11.4 Å². The van der Waals surface area contributed by atoms with E-state index in [1.807, 2.05) is 6.07 Å². The standard InChI is InChI=1S/C16H22Br2O/c1-16(2)9-7-12(8-10-16)19-15(11-17)13-5-3-4-6-14(13)18/h3-6,12,15H,7-11H2,1-2H3. The molecule has 1 aromatic rings. The van der Waals surface area contributed by atoms with Gasteiger partial charge >= 0.3 is 0 Å². The zero-order valence-corrected chi connectivity index (χ0v) is 14.8. The molecular weight excluding hydrogens is 368 g/mol. The molecule has 0 heterocycles. The predicted molar refractivity (Wildman–Crippen MR) is 87.8 cm³/mol. The molecule has 1 unspecified atom stereocenters. The summed E-state index contributed by atoms with van der Waals surface area (Å²) < 4.78 is 7.46. The first-order valence-corrected chi connectivity index (χ1v) is 8.89. The van der Waals surface area contributed by atoms with Gasteiger partial charge in [0.1, 0.15) is 0 Å². The second-order valence-corrected chi connectivity index (χ2v) is 7.67. The predicted octanol–water partition coefficient (Wildman–Crippen LogP) is 5.87. The Kier molecular flexibility index (Phi) is 5.50. The molecule has 0 aromatic heterocycles. The molecule has 1 aromatic carbocycles. The van der Waals surface area contributed by atoms with Crippen LogP contribution in [0.5, 0.6) is 0 Å². The van der Waals surface area contributed by atoms with Gasteiger partial charge in [0.15, 0.2) is 0 Å². The molecule has 0 N–H and O–H groups in total. The minimum absolute atomic E-state index is 0.141. The summed E-state index contributed by atoms with van der Waals surface area (Å²) in [5.74, 6) is 0. The number of benzene rings is 1. The van der Waals surface area contributed by atoms with Gasteiger partial charge in [0.05, 0.1) is 12.2 Å². The normalized spacial score (nSPS) is 21.3. The first-order chi connectivity index (χ1) is 9.02. The quantitative estimate of drug-likeness (QED) is 0.585. The van der Waals surface area contributed by atoms with E-state index < -0.39 is 0 Å². The second-order valence-electron chi connectivity index (χ2n) is 6.16. The van der Waals surface area contributed by atoms with Crippen LogP contribution < -0.4 is 0 Å². The van der Waals surface area contributed by atoms with E-state index >= 15 is 0 Å². The van der Waals surface area contributed by atoms with Crippen LogP contribution in [0.1, 0.15) is 51.2 Å². The van der Waals surface area contributed by atoms with Gasteiger partial charge in [-0.3, -0.25) is 0 Å². The van der Waals surface area contributed by atoms with E-state index in [9.17, 15) is 0 Å². The fourth-order valence-electron chi connectivity index (χ4n) is 2.67. The smallest absolute Gasteiger partial charge is 0.0936 e. The molecule has 1 aliphatic carbocycles. The zero-order chi connectivity index (χ0) is 13.9. The maximum absolute atomic E-state index is 6.32. The van der Waals surface area contributed by atoms with Gasteiger partial charge in [-0.15, -0.1) is 0 Å². The van der Waals surface area contributed by atoms with E-state index in [1.165, 1.54) is 31.2 Å². The third-order valence-electron chi connectivity index (χ3n) is 4.04. The number of ether oxygens (including phenoxy) is 1. The van der Waals surface area contributed by atoms with Gasteiger partial charge in [0.25, 0.3) is 0 Å². The summed E-state index contributed by atoms with van der Waals surface area (Å²) in [6, 6.07) is 8.34. The zero-order valence-electron chi connectivity index (χ0n) is 11.7. The van der Waals surface area contributed by atoms with Crippen molar-refractivity contribution in [1.29, 1.82) is 0 Å². The SMILES string of the molecule is CC1(C)CCC(OC(CBr)c2ccccc2Br)CC1. The van der Waals surface area contributed by atoms with E-state index in [0.717, 1.165) is 9.80 Å². The Morgan fingerprint density at radius 1 is 1.26 bits per heavy atom. The average molecular weight is 390 g/mol. The molecule has 1 fully saturated rings. The van der Waals surface area contributed by atoms with Gasteiger partial charge in [0, 0.05) is 9.80 Å². The van der Waals surface area contributed by atoms with Crippen LogP contribution in [0.2, 0.25) is 0 Å². The molecule has 0 amide bonds. The lowest BCUT2D eigenvalue weighted by Crippen LogP contribution is -2.28. The lowest BCUT2D eigenvalue weighted by molar-refractivity contribution is -0.0366. The van der Waals surface area contributed by atoms with Crippen molar-refractivity contribution in [3.63, 3.8) is 0 Å². The molecule has 0 saturated heterocycles. The Labute approximate surface area is 133 Å². The van der Waals surface area contributed by atoms with Gasteiger partial charge in [-0.1, -0.05) is 63.9 Å². The number of halogens is 2. The third-order valence-corrected chi connectivity index (χ3v) is 5.35. The van der Waals surface area contributed by atoms with Crippen molar-refractivity contribution in [1.82, 2.24) is 0 Å². The summed E-state index contributed by atoms with van der Waals surface area (Å²) in [6.45, 7) is 4.72. The number of hydrogen-bond acceptors (Lipinski definition) is 1. The maximum Gasteiger partial charge on any atom is 0.0936 e. The molecular formula is C16H22Br2O. The van der Waals surface area contributed by atoms with Gasteiger partial charge < -0.3 is 4.74 Å². The highest BCUT2D eigenvalue weighted by molar-refractivity contribution is 9.10. The topological polar surface area (TPSA) is 9.23 Å². The van der Waals surface area contributed by atoms with E-state index in [1.54, 1.807) is 0 Å². The number of hydrogen-bond donors (Lipinski definition) is 0. The summed E-state index contributed by atoms with van der Waals surface area (Å²) in [7, 11) is 0. The minimum Gasteiger partial charge on any atom is -0.369 e. The van der Waals surface area contributed by atoms with Crippen molar-refractivity contribution in [2.75, 3.05) is 5.33 Å². The summed E-state index contributed by atoms with van der Waals surface area (Å²) in [6.07, 6.45) is 5.44. The molecule has 106 valence electrons. The van der Waals surface area contributed by atoms with Crippen molar-refractivity contribution in [2.24, 2.45) is 5.41 Å². The van der Waals surface area contributed by atoms with Gasteiger partial charge in [-0.25, -0.2) is 0 Å². The molecule has 19 heavy (non-hydrogen) atoms. The van der Waals surface area contributed by atoms with Crippen LogP contribution in [0, 0.1) is 5.41 Å². The van der Waals surface area contributed by atoms with Gasteiger partial charge in [-0.05, 0) is 42.7 Å². The maximum atomic E-state index is 6.32. The van der Waals surface area contributed by atoms with Gasteiger partial charge in [-0.2, -0.15) is 0 Å². The third kappa shape index (κ3) is 4.30. The fourth-order valence-corrected chi connectivity index (χ4v) is 3.71. The molecule has 1 atom stereocenters. The van der Waals surface area contributed by atoms with E-state index in [0.29, 0.717) is 11.5 Å². The molecule has 0 radical (unpaired) electrons. The fraction of sp³-hybridized carbons (Fsp3) is 0.625. The monoisotopic (exact) mass is 388 g/mol. The lowest BCUT2D eigenvalue weighted by Gasteiger charge is -2.35. The highest BCUT2D eigenvalue weighted by Gasteiger charge is 2.29. The second kappa shape index (κ2) is 6.73. The van der Waals surface area contributed by atoms with Gasteiger partial charge in [0.2, 0.25) is 0 Å². The van der Waals surface area contributed by atoms with Crippen LogP contribution in [-0.2, 0) is 4.74 Å². The molecule has 0 spiro atoms. The van der Waals surface area contributed by atoms with Crippen LogP contribution in [0.4, 0.5) is 0 Å². The molecule has 1 saturated carbocycles. The van der Waals surface area contributed by atoms with Crippen molar-refractivity contribution in [3.05, 3.63) is 34.3 Å². The van der Waals surface area contributed by atoms with Crippen molar-refractivity contribution in [2.45, 2.75) is 51.7 Å². The van der Waals surface area contributed by atoms with E-state index in [-0.39, 0.29) is 6.10 Å². The van der Waals surface area contributed by atoms with Crippen molar-refractivity contribution in [3.8, 4) is 0 Å². The van der Waals surface area contributed by atoms with Crippen LogP contribution in [0.3, 0.4) is 0 Å². The van der Waals surface area contributed by atoms with Crippen molar-refractivity contribution >= 4 is 31.9 Å². The number of alkyl halides is 1. The average Bonchev–Trinajstić information content (AvgIpc) is 2.39. The summed E-state index contributed by atoms with van der Waals surface area (Å²) in [4.78, 5) is 0. The van der Waals surface area contributed by atoms with Crippen LogP contribution in [0.25, 0.3) is 0 Å². The largest absolute Gasteiger partial charge is 0.369 e. The van der Waals surface area contributed by atoms with Crippen molar-refractivity contribution < 1.29 is 4.74 Å². The molecule has 0 bridgehead atoms. The highest BCUT2D eigenvalue weighted by atomic mass is 79.9. The summed E-state index contributed by atoms with van der Waals surface area (Å²) >= 11 is 7.21. The Morgan fingerprint density at radius 2 is 1.89 bits per heavy atom. The number of rotatable bonds is 4. The van der Waals surface area contributed by atoms with Crippen LogP contribution >= 0.6 is 31.9 Å². The molecule has 0 aliphatic heterocycles. The first-order valence-electron chi connectivity index (χ1n) is 6.98. The molecule has 3 heteroatoms. The summed E-state index contributed by atoms with van der Waals surface area (Å²) in [5.41, 5.74) is 1.74. The molecule has 1 nitrogen and oxygen atoms in total. The lowest BCUT2D eigenvalue weighted by atomic mass is 9.76. The summed E-state index contributed by atoms with van der Waals surface area (Å²) in [5, 5.41) is 0.843. The Hall–Kier alpha value is 0.140. The Morgan fingerprint density at radius 3 is 2.47 bits per heavy atom. The minimum atomic E-state index is 0.141. The first kappa shape index (κ1) is 15.5.